The van der Waals surface area contributed by atoms with Crippen molar-refractivity contribution in [1.29, 1.82) is 0 Å². The van der Waals surface area contributed by atoms with Crippen molar-refractivity contribution in [2.24, 2.45) is 17.8 Å². The fourth-order valence-electron chi connectivity index (χ4n) is 4.51. The Kier molecular flexibility index (Phi) is 36.3. The van der Waals surface area contributed by atoms with Gasteiger partial charge >= 0.3 is 5.97 Å². The molecule has 0 radical (unpaired) electrons. The number of allylic oxidation sites excluding steroid dienone is 4. The molecule has 5 unspecified atom stereocenters. The van der Waals surface area contributed by atoms with Crippen LogP contribution in [0.2, 0.25) is 0 Å². The summed E-state index contributed by atoms with van der Waals surface area (Å²) >= 11 is 0. The molecule has 306 valence electrons. The summed E-state index contributed by atoms with van der Waals surface area (Å²) in [5.41, 5.74) is -0.388. The maximum atomic E-state index is 10.6. The lowest BCUT2D eigenvalue weighted by Gasteiger charge is -2.20. The van der Waals surface area contributed by atoms with E-state index in [-0.39, 0.29) is 13.8 Å². The zero-order valence-electron chi connectivity index (χ0n) is 35.5. The molecule has 6 heteroatoms. The van der Waals surface area contributed by atoms with Crippen molar-refractivity contribution in [2.45, 2.75) is 203 Å². The summed E-state index contributed by atoms with van der Waals surface area (Å²) in [5.74, 6) is 9.15. The van der Waals surface area contributed by atoms with Gasteiger partial charge in [0.25, 0.3) is 5.79 Å². The van der Waals surface area contributed by atoms with E-state index in [0.29, 0.717) is 12.8 Å². The molecule has 0 rings (SSSR count). The van der Waals surface area contributed by atoms with Gasteiger partial charge in [0, 0.05) is 13.3 Å². The molecule has 0 heterocycles. The number of terminal acetylenes is 4. The van der Waals surface area contributed by atoms with E-state index in [2.05, 4.69) is 62.2 Å². The molecule has 0 aliphatic rings. The van der Waals surface area contributed by atoms with Crippen LogP contribution < -0.4 is 0 Å². The SMILES string of the molecule is C.C#CC(C)(C)O.C#CC(C)(O)CCC=C(C)C.C#CC(C)(O)CCCC(C)CCCC(C)CCCC(C)C.C#CC(O)(CCC=C(C)C)OC(C)=O. The minimum Gasteiger partial charge on any atom is -0.421 e. The predicted octanol–water partition coefficient (Wildman–Crippen LogP) is 10.6. The zero-order valence-corrected chi connectivity index (χ0v) is 35.5. The zero-order chi connectivity index (χ0) is 41.6. The lowest BCUT2D eigenvalue weighted by Crippen LogP contribution is -2.32. The normalized spacial score (nSPS) is 14.7. The van der Waals surface area contributed by atoms with Crippen molar-refractivity contribution < 1.29 is 30.0 Å². The fraction of sp³-hybridized carbons (Fsp3) is 0.723. The Morgan fingerprint density at radius 3 is 1.28 bits per heavy atom. The van der Waals surface area contributed by atoms with E-state index < -0.39 is 28.6 Å². The third-order valence-corrected chi connectivity index (χ3v) is 7.97. The summed E-state index contributed by atoms with van der Waals surface area (Å²) in [6, 6.07) is 0. The van der Waals surface area contributed by atoms with Crippen LogP contribution >= 0.6 is 0 Å². The van der Waals surface area contributed by atoms with E-state index in [1.807, 2.05) is 33.8 Å². The van der Waals surface area contributed by atoms with Crippen molar-refractivity contribution in [3.8, 4) is 49.4 Å². The molecular formula is C47H82O6. The Balaban J connectivity index is -0.000000208. The average molecular weight is 743 g/mol. The quantitative estimate of drug-likeness (QED) is 0.0454. The van der Waals surface area contributed by atoms with Gasteiger partial charge in [0.1, 0.15) is 16.8 Å². The number of carbonyl (C=O) groups is 1. The first kappa shape index (κ1) is 59.3. The van der Waals surface area contributed by atoms with Crippen LogP contribution in [0.1, 0.15) is 181 Å². The van der Waals surface area contributed by atoms with Crippen LogP contribution in [0.5, 0.6) is 0 Å². The second kappa shape index (κ2) is 32.5. The first-order valence-corrected chi connectivity index (χ1v) is 19.0. The largest absolute Gasteiger partial charge is 0.421 e. The lowest BCUT2D eigenvalue weighted by molar-refractivity contribution is -0.186. The minimum absolute atomic E-state index is 0. The van der Waals surface area contributed by atoms with Crippen LogP contribution in [0.15, 0.2) is 23.3 Å². The second-order valence-corrected chi connectivity index (χ2v) is 16.1. The van der Waals surface area contributed by atoms with Crippen molar-refractivity contribution in [2.75, 3.05) is 0 Å². The Bertz CT molecular complexity index is 1160. The number of hydrogen-bond donors (Lipinski definition) is 4. The molecule has 0 aromatic rings. The summed E-state index contributed by atoms with van der Waals surface area (Å²) in [7, 11) is 0. The third-order valence-electron chi connectivity index (χ3n) is 7.97. The van der Waals surface area contributed by atoms with Gasteiger partial charge in [0.15, 0.2) is 0 Å². The standard InChI is InChI=1S/C20H38O.C11H16O3.C10H16O.C5H8O.CH4/c1-7-20(6,21)16-10-15-19(5)14-9-13-18(4)12-8-11-17(2)3;1-5-11(13,14-10(4)12)8-6-7-9(2)3;1-5-10(4,11)8-6-7-9(2)3;1-4-5(2,3)6;/h1,17-19,21H,8-16H2,2-6H3;1,7,13H,6,8H2,2-4H3;1,7,11H,6,8H2,2-4H3;1,6H,2-3H3;1H4. The third kappa shape index (κ3) is 49.0. The molecule has 0 aliphatic carbocycles. The van der Waals surface area contributed by atoms with E-state index >= 15 is 0 Å². The van der Waals surface area contributed by atoms with Crippen molar-refractivity contribution in [1.82, 2.24) is 0 Å². The Morgan fingerprint density at radius 2 is 0.962 bits per heavy atom. The number of rotatable bonds is 19. The molecule has 0 aromatic heterocycles. The smallest absolute Gasteiger partial charge is 0.305 e. The molecular weight excluding hydrogens is 661 g/mol. The van der Waals surface area contributed by atoms with Crippen LogP contribution in [0.25, 0.3) is 0 Å². The first-order chi connectivity index (χ1) is 23.7. The van der Waals surface area contributed by atoms with Crippen molar-refractivity contribution in [3.05, 3.63) is 23.3 Å². The molecule has 0 saturated carbocycles. The number of esters is 1. The highest BCUT2D eigenvalue weighted by atomic mass is 16.7. The highest BCUT2D eigenvalue weighted by Crippen LogP contribution is 2.23. The monoisotopic (exact) mass is 743 g/mol. The first-order valence-electron chi connectivity index (χ1n) is 19.0. The van der Waals surface area contributed by atoms with Gasteiger partial charge in [-0.05, 0) is 111 Å². The van der Waals surface area contributed by atoms with Crippen LogP contribution in [-0.4, -0.2) is 49.0 Å². The van der Waals surface area contributed by atoms with Crippen LogP contribution in [0, 0.1) is 67.1 Å². The molecule has 6 nitrogen and oxygen atoms in total. The van der Waals surface area contributed by atoms with E-state index in [4.69, 9.17) is 30.8 Å². The molecule has 5 atom stereocenters. The molecule has 0 aliphatic heterocycles. The molecule has 0 spiro atoms. The number of ether oxygens (including phenoxy) is 1. The van der Waals surface area contributed by atoms with Gasteiger partial charge in [-0.2, -0.15) is 0 Å². The lowest BCUT2D eigenvalue weighted by atomic mass is 9.90. The summed E-state index contributed by atoms with van der Waals surface area (Å²) in [6.07, 6.45) is 37.6. The van der Waals surface area contributed by atoms with E-state index in [1.165, 1.54) is 57.4 Å². The van der Waals surface area contributed by atoms with Crippen molar-refractivity contribution in [3.63, 3.8) is 0 Å². The van der Waals surface area contributed by atoms with Gasteiger partial charge in [-0.3, -0.25) is 4.79 Å². The van der Waals surface area contributed by atoms with Gasteiger partial charge < -0.3 is 25.2 Å². The Morgan fingerprint density at radius 1 is 0.604 bits per heavy atom. The maximum absolute atomic E-state index is 10.6. The summed E-state index contributed by atoms with van der Waals surface area (Å²) in [5, 5.41) is 37.3. The Labute approximate surface area is 329 Å². The van der Waals surface area contributed by atoms with Gasteiger partial charge in [-0.1, -0.05) is 121 Å². The molecule has 0 bridgehead atoms. The van der Waals surface area contributed by atoms with Crippen LogP contribution in [0.4, 0.5) is 0 Å². The number of aliphatic hydroxyl groups is 4. The summed E-state index contributed by atoms with van der Waals surface area (Å²) in [4.78, 5) is 10.6. The predicted molar refractivity (Wildman–Crippen MR) is 228 cm³/mol. The van der Waals surface area contributed by atoms with E-state index in [1.54, 1.807) is 27.7 Å². The molecule has 4 N–H and O–H groups in total. The molecule has 0 amide bonds. The highest BCUT2D eigenvalue weighted by molar-refractivity contribution is 5.66. The topological polar surface area (TPSA) is 107 Å². The minimum atomic E-state index is -1.77. The fourth-order valence-corrected chi connectivity index (χ4v) is 4.51. The van der Waals surface area contributed by atoms with Gasteiger partial charge in [-0.25, -0.2) is 0 Å². The van der Waals surface area contributed by atoms with E-state index in [0.717, 1.165) is 42.6 Å². The molecule has 0 fully saturated rings. The van der Waals surface area contributed by atoms with Gasteiger partial charge in [0.05, 0.1) is 0 Å². The summed E-state index contributed by atoms with van der Waals surface area (Å²) < 4.78 is 4.62. The Hall–Kier alpha value is -2.97. The summed E-state index contributed by atoms with van der Waals surface area (Å²) in [6.45, 7) is 25.0. The maximum Gasteiger partial charge on any atom is 0.305 e. The van der Waals surface area contributed by atoms with Gasteiger partial charge in [-0.15, -0.1) is 25.7 Å². The highest BCUT2D eigenvalue weighted by Gasteiger charge is 2.26. The molecule has 0 aromatic carbocycles. The average Bonchev–Trinajstić information content (AvgIpc) is 3.00. The van der Waals surface area contributed by atoms with Crippen LogP contribution in [0.3, 0.4) is 0 Å². The number of hydrogen-bond acceptors (Lipinski definition) is 6. The second-order valence-electron chi connectivity index (χ2n) is 16.1. The molecule has 0 saturated heterocycles. The van der Waals surface area contributed by atoms with E-state index in [9.17, 15) is 20.1 Å². The van der Waals surface area contributed by atoms with Crippen LogP contribution in [-0.2, 0) is 9.53 Å². The number of carbonyl (C=O) groups excluding carboxylic acids is 1. The molecule has 53 heavy (non-hydrogen) atoms. The van der Waals surface area contributed by atoms with Gasteiger partial charge in [0.2, 0.25) is 0 Å². The van der Waals surface area contributed by atoms with Crippen molar-refractivity contribution >= 4 is 5.97 Å².